The lowest BCUT2D eigenvalue weighted by Crippen LogP contribution is -2.09. The fourth-order valence-electron chi connectivity index (χ4n) is 4.27. The standard InChI is InChI=1S/C25H52/c1-5-9-12-15-18-20-24(8-4)23-25(21-17-14-11-7-3)22-19-16-13-10-6-2/h24-25H,5-23H2,1-4H3. The summed E-state index contributed by atoms with van der Waals surface area (Å²) >= 11 is 0. The molecule has 0 saturated heterocycles. The first-order valence-electron chi connectivity index (χ1n) is 12.3. The quantitative estimate of drug-likeness (QED) is 0.191. The molecule has 0 radical (unpaired) electrons. The van der Waals surface area contributed by atoms with Crippen molar-refractivity contribution < 1.29 is 0 Å². The first-order chi connectivity index (χ1) is 12.3. The van der Waals surface area contributed by atoms with E-state index in [9.17, 15) is 0 Å². The van der Waals surface area contributed by atoms with Crippen molar-refractivity contribution in [1.29, 1.82) is 0 Å². The Bertz CT molecular complexity index is 232. The van der Waals surface area contributed by atoms with E-state index >= 15 is 0 Å². The van der Waals surface area contributed by atoms with Gasteiger partial charge < -0.3 is 0 Å². The van der Waals surface area contributed by atoms with Crippen molar-refractivity contribution >= 4 is 0 Å². The SMILES string of the molecule is CCCCCCCC(CC)CC(CCCCCC)CCCCCCC. The van der Waals surface area contributed by atoms with Gasteiger partial charge in [0.05, 0.1) is 0 Å². The molecule has 0 bridgehead atoms. The van der Waals surface area contributed by atoms with E-state index in [1.165, 1.54) is 122 Å². The molecule has 0 aliphatic carbocycles. The molecule has 0 aliphatic heterocycles. The van der Waals surface area contributed by atoms with Gasteiger partial charge in [0.25, 0.3) is 0 Å². The van der Waals surface area contributed by atoms with Gasteiger partial charge in [0.1, 0.15) is 0 Å². The van der Waals surface area contributed by atoms with Crippen LogP contribution in [0, 0.1) is 11.8 Å². The van der Waals surface area contributed by atoms with Gasteiger partial charge in [0, 0.05) is 0 Å². The monoisotopic (exact) mass is 352 g/mol. The van der Waals surface area contributed by atoms with Gasteiger partial charge >= 0.3 is 0 Å². The molecule has 2 unspecified atom stereocenters. The van der Waals surface area contributed by atoms with Gasteiger partial charge in [-0.3, -0.25) is 0 Å². The Labute approximate surface area is 161 Å². The van der Waals surface area contributed by atoms with Crippen molar-refractivity contribution in [3.8, 4) is 0 Å². The molecule has 0 spiro atoms. The number of hydrogen-bond donors (Lipinski definition) is 0. The summed E-state index contributed by atoms with van der Waals surface area (Å²) in [5, 5.41) is 0. The summed E-state index contributed by atoms with van der Waals surface area (Å²) in [7, 11) is 0. The first kappa shape index (κ1) is 25.0. The second-order valence-electron chi connectivity index (χ2n) is 8.63. The topological polar surface area (TPSA) is 0 Å². The van der Waals surface area contributed by atoms with E-state index < -0.39 is 0 Å². The Kier molecular flexibility index (Phi) is 20.3. The second-order valence-corrected chi connectivity index (χ2v) is 8.63. The van der Waals surface area contributed by atoms with Crippen molar-refractivity contribution in [3.63, 3.8) is 0 Å². The third-order valence-electron chi connectivity index (χ3n) is 6.14. The molecule has 0 aromatic carbocycles. The summed E-state index contributed by atoms with van der Waals surface area (Å²) in [4.78, 5) is 0. The highest BCUT2D eigenvalue weighted by molar-refractivity contribution is 4.67. The van der Waals surface area contributed by atoms with Gasteiger partial charge in [-0.15, -0.1) is 0 Å². The maximum Gasteiger partial charge on any atom is -0.0412 e. The number of rotatable bonds is 20. The predicted molar refractivity (Wildman–Crippen MR) is 117 cm³/mol. The summed E-state index contributed by atoms with van der Waals surface area (Å²) in [5.41, 5.74) is 0. The molecular formula is C25H52. The van der Waals surface area contributed by atoms with E-state index in [2.05, 4.69) is 27.7 Å². The summed E-state index contributed by atoms with van der Waals surface area (Å²) in [6, 6.07) is 0. The zero-order chi connectivity index (χ0) is 18.6. The third kappa shape index (κ3) is 17.2. The Morgan fingerprint density at radius 3 is 1.16 bits per heavy atom. The van der Waals surface area contributed by atoms with E-state index in [0.29, 0.717) is 0 Å². The van der Waals surface area contributed by atoms with Gasteiger partial charge in [0.2, 0.25) is 0 Å². The van der Waals surface area contributed by atoms with E-state index in [0.717, 1.165) is 11.8 Å². The highest BCUT2D eigenvalue weighted by Gasteiger charge is 2.15. The molecule has 0 N–H and O–H groups in total. The lowest BCUT2D eigenvalue weighted by Gasteiger charge is -2.23. The maximum absolute atomic E-state index is 2.44. The van der Waals surface area contributed by atoms with E-state index in [1.807, 2.05) is 0 Å². The van der Waals surface area contributed by atoms with Crippen LogP contribution >= 0.6 is 0 Å². The van der Waals surface area contributed by atoms with Crippen LogP contribution in [0.2, 0.25) is 0 Å². The molecule has 0 amide bonds. The van der Waals surface area contributed by atoms with Crippen LogP contribution in [-0.4, -0.2) is 0 Å². The maximum atomic E-state index is 2.44. The molecule has 0 fully saturated rings. The highest BCUT2D eigenvalue weighted by atomic mass is 14.2. The average molecular weight is 353 g/mol. The average Bonchev–Trinajstić information content (AvgIpc) is 2.63. The van der Waals surface area contributed by atoms with Crippen LogP contribution in [0.5, 0.6) is 0 Å². The predicted octanol–water partition coefficient (Wildman–Crippen LogP) is 9.71. The van der Waals surface area contributed by atoms with E-state index in [4.69, 9.17) is 0 Å². The van der Waals surface area contributed by atoms with E-state index in [-0.39, 0.29) is 0 Å². The lowest BCUT2D eigenvalue weighted by atomic mass is 9.83. The Balaban J connectivity index is 4.10. The van der Waals surface area contributed by atoms with Crippen molar-refractivity contribution in [2.45, 2.75) is 150 Å². The molecular weight excluding hydrogens is 300 g/mol. The number of unbranched alkanes of at least 4 members (excludes halogenated alkanes) is 11. The Morgan fingerprint density at radius 1 is 0.400 bits per heavy atom. The third-order valence-corrected chi connectivity index (χ3v) is 6.14. The molecule has 25 heavy (non-hydrogen) atoms. The molecule has 0 heterocycles. The van der Waals surface area contributed by atoms with Crippen LogP contribution in [0.3, 0.4) is 0 Å². The molecule has 0 rings (SSSR count). The Morgan fingerprint density at radius 2 is 0.760 bits per heavy atom. The smallest absolute Gasteiger partial charge is 0.0412 e. The molecule has 2 atom stereocenters. The van der Waals surface area contributed by atoms with Crippen molar-refractivity contribution in [3.05, 3.63) is 0 Å². The van der Waals surface area contributed by atoms with Crippen LogP contribution in [0.4, 0.5) is 0 Å². The molecule has 152 valence electrons. The fourth-order valence-corrected chi connectivity index (χ4v) is 4.27. The van der Waals surface area contributed by atoms with Crippen LogP contribution in [0.1, 0.15) is 150 Å². The molecule has 0 aliphatic rings. The second kappa shape index (κ2) is 20.3. The van der Waals surface area contributed by atoms with Gasteiger partial charge in [-0.05, 0) is 18.3 Å². The zero-order valence-corrected chi connectivity index (χ0v) is 18.6. The summed E-state index contributed by atoms with van der Waals surface area (Å²) in [5.74, 6) is 2.03. The largest absolute Gasteiger partial charge is 0.0654 e. The molecule has 0 nitrogen and oxygen atoms in total. The molecule has 0 saturated carbocycles. The minimum absolute atomic E-state index is 1.01. The van der Waals surface area contributed by atoms with Gasteiger partial charge in [0.15, 0.2) is 0 Å². The van der Waals surface area contributed by atoms with Crippen molar-refractivity contribution in [2.24, 2.45) is 11.8 Å². The number of hydrogen-bond acceptors (Lipinski definition) is 0. The fraction of sp³-hybridized carbons (Fsp3) is 1.00. The van der Waals surface area contributed by atoms with Gasteiger partial charge in [-0.2, -0.15) is 0 Å². The van der Waals surface area contributed by atoms with Gasteiger partial charge in [-0.1, -0.05) is 143 Å². The summed E-state index contributed by atoms with van der Waals surface area (Å²) in [6.45, 7) is 9.41. The highest BCUT2D eigenvalue weighted by Crippen LogP contribution is 2.29. The Hall–Kier alpha value is 0. The lowest BCUT2D eigenvalue weighted by molar-refractivity contribution is 0.294. The normalized spacial score (nSPS) is 13.9. The van der Waals surface area contributed by atoms with Crippen LogP contribution in [0.25, 0.3) is 0 Å². The first-order valence-corrected chi connectivity index (χ1v) is 12.3. The van der Waals surface area contributed by atoms with Gasteiger partial charge in [-0.25, -0.2) is 0 Å². The summed E-state index contributed by atoms with van der Waals surface area (Å²) < 4.78 is 0. The van der Waals surface area contributed by atoms with Crippen LogP contribution in [-0.2, 0) is 0 Å². The summed E-state index contributed by atoms with van der Waals surface area (Å²) in [6.07, 6.45) is 27.7. The minimum Gasteiger partial charge on any atom is -0.0654 e. The van der Waals surface area contributed by atoms with E-state index in [1.54, 1.807) is 0 Å². The van der Waals surface area contributed by atoms with Crippen LogP contribution < -0.4 is 0 Å². The van der Waals surface area contributed by atoms with Crippen molar-refractivity contribution in [1.82, 2.24) is 0 Å². The zero-order valence-electron chi connectivity index (χ0n) is 18.6. The molecule has 0 heteroatoms. The molecule has 0 aromatic rings. The van der Waals surface area contributed by atoms with Crippen LogP contribution in [0.15, 0.2) is 0 Å². The minimum atomic E-state index is 1.01. The van der Waals surface area contributed by atoms with Crippen molar-refractivity contribution in [2.75, 3.05) is 0 Å². The molecule has 0 aromatic heterocycles.